The Kier molecular flexibility index (Phi) is 4.58. The van der Waals surface area contributed by atoms with Crippen LogP contribution in [0.1, 0.15) is 57.1 Å². The quantitative estimate of drug-likeness (QED) is 0.735. The second-order valence-corrected chi connectivity index (χ2v) is 9.15. The number of benzene rings is 1. The second-order valence-electron chi connectivity index (χ2n) is 9.15. The summed E-state index contributed by atoms with van der Waals surface area (Å²) in [7, 11) is 0. The summed E-state index contributed by atoms with van der Waals surface area (Å²) in [5.41, 5.74) is 2.51. The Bertz CT molecular complexity index is 692. The van der Waals surface area contributed by atoms with E-state index in [1.165, 1.54) is 49.3 Å². The van der Waals surface area contributed by atoms with Crippen LogP contribution in [0.25, 0.3) is 0 Å². The molecule has 1 aromatic rings. The van der Waals surface area contributed by atoms with Gasteiger partial charge in [0.15, 0.2) is 0 Å². The van der Waals surface area contributed by atoms with Crippen molar-refractivity contribution in [2.75, 3.05) is 6.54 Å². The summed E-state index contributed by atoms with van der Waals surface area (Å²) in [6.45, 7) is 9.76. The summed E-state index contributed by atoms with van der Waals surface area (Å²) in [5.74, 6) is 3.50. The SMILES string of the molecule is C=CC(=O)N1CCc2ccc(OC3(C)CC4CC(C)CC(C4)C3)cc2C1. The standard InChI is InChI=1S/C23H31NO2/c1-4-22(25)24-8-7-19-5-6-21(12-20(19)15-24)26-23(3)13-17-9-16(2)10-18(11-17)14-23/h4-6,12,16-18H,1,7-11,13-15H2,2-3H3. The van der Waals surface area contributed by atoms with Gasteiger partial charge in [0.1, 0.15) is 11.4 Å². The molecule has 3 nitrogen and oxygen atoms in total. The molecule has 2 fully saturated rings. The van der Waals surface area contributed by atoms with Gasteiger partial charge in [0.25, 0.3) is 0 Å². The van der Waals surface area contributed by atoms with Crippen LogP contribution >= 0.6 is 0 Å². The molecule has 3 aliphatic rings. The fourth-order valence-electron chi connectivity index (χ4n) is 5.82. The van der Waals surface area contributed by atoms with E-state index in [0.29, 0.717) is 6.54 Å². The zero-order valence-corrected chi connectivity index (χ0v) is 16.2. The van der Waals surface area contributed by atoms with E-state index < -0.39 is 0 Å². The van der Waals surface area contributed by atoms with Crippen LogP contribution in [-0.2, 0) is 17.8 Å². The second kappa shape index (κ2) is 6.75. The first-order chi connectivity index (χ1) is 12.4. The molecular weight excluding hydrogens is 322 g/mol. The molecule has 1 aliphatic heterocycles. The van der Waals surface area contributed by atoms with Gasteiger partial charge in [0.2, 0.25) is 5.91 Å². The molecule has 1 aromatic carbocycles. The van der Waals surface area contributed by atoms with E-state index in [2.05, 4.69) is 38.6 Å². The molecule has 26 heavy (non-hydrogen) atoms. The summed E-state index contributed by atoms with van der Waals surface area (Å²) in [6.07, 6.45) is 8.78. The zero-order valence-electron chi connectivity index (χ0n) is 16.2. The number of rotatable bonds is 3. The largest absolute Gasteiger partial charge is 0.488 e. The number of hydrogen-bond acceptors (Lipinski definition) is 2. The highest BCUT2D eigenvalue weighted by molar-refractivity contribution is 5.87. The van der Waals surface area contributed by atoms with Crippen LogP contribution in [0.15, 0.2) is 30.9 Å². The lowest BCUT2D eigenvalue weighted by Crippen LogP contribution is -2.44. The molecule has 2 saturated carbocycles. The topological polar surface area (TPSA) is 29.5 Å². The van der Waals surface area contributed by atoms with Crippen molar-refractivity contribution < 1.29 is 9.53 Å². The van der Waals surface area contributed by atoms with Crippen molar-refractivity contribution in [1.29, 1.82) is 0 Å². The van der Waals surface area contributed by atoms with Gasteiger partial charge >= 0.3 is 0 Å². The Balaban J connectivity index is 1.49. The van der Waals surface area contributed by atoms with Crippen molar-refractivity contribution in [3.63, 3.8) is 0 Å². The van der Waals surface area contributed by atoms with E-state index in [-0.39, 0.29) is 11.5 Å². The summed E-state index contributed by atoms with van der Waals surface area (Å²) in [4.78, 5) is 13.8. The smallest absolute Gasteiger partial charge is 0.246 e. The van der Waals surface area contributed by atoms with Gasteiger partial charge in [-0.25, -0.2) is 0 Å². The number of nitrogens with zero attached hydrogens (tertiary/aromatic N) is 1. The maximum absolute atomic E-state index is 11.9. The Morgan fingerprint density at radius 2 is 1.96 bits per heavy atom. The van der Waals surface area contributed by atoms with Crippen molar-refractivity contribution >= 4 is 5.91 Å². The van der Waals surface area contributed by atoms with Gasteiger partial charge in [-0.1, -0.05) is 19.6 Å². The Hall–Kier alpha value is -1.77. The minimum absolute atomic E-state index is 0.0168. The monoisotopic (exact) mass is 353 g/mol. The van der Waals surface area contributed by atoms with Crippen LogP contribution in [0.3, 0.4) is 0 Å². The van der Waals surface area contributed by atoms with E-state index in [0.717, 1.165) is 36.5 Å². The molecule has 140 valence electrons. The minimum atomic E-state index is -0.0484. The number of fused-ring (bicyclic) bond motifs is 3. The first-order valence-electron chi connectivity index (χ1n) is 10.2. The maximum atomic E-state index is 11.9. The highest BCUT2D eigenvalue weighted by atomic mass is 16.5. The van der Waals surface area contributed by atoms with Crippen molar-refractivity contribution in [2.45, 2.75) is 64.5 Å². The van der Waals surface area contributed by atoms with Crippen molar-refractivity contribution in [3.8, 4) is 5.75 Å². The van der Waals surface area contributed by atoms with E-state index in [1.807, 2.05) is 4.90 Å². The van der Waals surface area contributed by atoms with E-state index in [4.69, 9.17) is 4.74 Å². The molecule has 3 heteroatoms. The first-order valence-corrected chi connectivity index (χ1v) is 10.2. The molecule has 0 spiro atoms. The number of carbonyl (C=O) groups excluding carboxylic acids is 1. The summed E-state index contributed by atoms with van der Waals surface area (Å²) >= 11 is 0. The Morgan fingerprint density at radius 3 is 2.65 bits per heavy atom. The van der Waals surface area contributed by atoms with Gasteiger partial charge < -0.3 is 9.64 Å². The highest BCUT2D eigenvalue weighted by Crippen LogP contribution is 2.47. The van der Waals surface area contributed by atoms with Crippen molar-refractivity contribution in [3.05, 3.63) is 42.0 Å². The summed E-state index contributed by atoms with van der Waals surface area (Å²) < 4.78 is 6.58. The average Bonchev–Trinajstić information content (AvgIpc) is 2.58. The lowest BCUT2D eigenvalue weighted by Gasteiger charge is -2.47. The molecule has 1 amide bonds. The van der Waals surface area contributed by atoms with Crippen LogP contribution in [0.5, 0.6) is 5.75 Å². The normalized spacial score (nSPS) is 33.3. The number of carbonyl (C=O) groups is 1. The van der Waals surface area contributed by atoms with Crippen LogP contribution in [0.2, 0.25) is 0 Å². The predicted molar refractivity (Wildman–Crippen MR) is 104 cm³/mol. The first kappa shape index (κ1) is 17.6. The molecule has 1 heterocycles. The highest BCUT2D eigenvalue weighted by Gasteiger charge is 2.42. The number of amides is 1. The number of hydrogen-bond donors (Lipinski definition) is 0. The maximum Gasteiger partial charge on any atom is 0.246 e. The van der Waals surface area contributed by atoms with Crippen LogP contribution in [0, 0.1) is 17.8 Å². The fourth-order valence-corrected chi connectivity index (χ4v) is 5.82. The van der Waals surface area contributed by atoms with E-state index in [1.54, 1.807) is 0 Å². The predicted octanol–water partition coefficient (Wildman–Crippen LogP) is 4.74. The van der Waals surface area contributed by atoms with Crippen molar-refractivity contribution in [2.24, 2.45) is 17.8 Å². The van der Waals surface area contributed by atoms with Crippen LogP contribution in [0.4, 0.5) is 0 Å². The zero-order chi connectivity index (χ0) is 18.3. The van der Waals surface area contributed by atoms with Crippen LogP contribution < -0.4 is 4.74 Å². The van der Waals surface area contributed by atoms with Gasteiger partial charge in [0, 0.05) is 13.1 Å². The van der Waals surface area contributed by atoms with Gasteiger partial charge in [-0.05, 0) is 92.5 Å². The molecule has 2 atom stereocenters. The molecule has 0 aromatic heterocycles. The summed E-state index contributed by atoms with van der Waals surface area (Å²) in [5, 5.41) is 0. The van der Waals surface area contributed by atoms with E-state index in [9.17, 15) is 4.79 Å². The van der Waals surface area contributed by atoms with Gasteiger partial charge in [-0.2, -0.15) is 0 Å². The van der Waals surface area contributed by atoms with Crippen LogP contribution in [-0.4, -0.2) is 23.0 Å². The lowest BCUT2D eigenvalue weighted by molar-refractivity contribution is -0.126. The molecule has 2 bridgehead atoms. The van der Waals surface area contributed by atoms with Gasteiger partial charge in [-0.3, -0.25) is 4.79 Å². The molecule has 0 saturated heterocycles. The molecule has 0 radical (unpaired) electrons. The summed E-state index contributed by atoms with van der Waals surface area (Å²) in [6, 6.07) is 6.48. The third-order valence-electron chi connectivity index (χ3n) is 6.62. The van der Waals surface area contributed by atoms with Gasteiger partial charge in [-0.15, -0.1) is 0 Å². The average molecular weight is 354 g/mol. The molecule has 4 rings (SSSR count). The molecule has 2 aliphatic carbocycles. The lowest BCUT2D eigenvalue weighted by atomic mass is 9.64. The van der Waals surface area contributed by atoms with Crippen molar-refractivity contribution in [1.82, 2.24) is 4.90 Å². The molecular formula is C23H31NO2. The Morgan fingerprint density at radius 1 is 1.23 bits per heavy atom. The fraction of sp³-hybridized carbons (Fsp3) is 0.609. The minimum Gasteiger partial charge on any atom is -0.488 e. The molecule has 0 N–H and O–H groups in total. The van der Waals surface area contributed by atoms with E-state index >= 15 is 0 Å². The third kappa shape index (κ3) is 3.54. The third-order valence-corrected chi connectivity index (χ3v) is 6.62. The molecule has 2 unspecified atom stereocenters. The number of ether oxygens (including phenoxy) is 1. The van der Waals surface area contributed by atoms with Gasteiger partial charge in [0.05, 0.1) is 0 Å². The Labute approximate surface area is 157 Å².